The lowest BCUT2D eigenvalue weighted by Gasteiger charge is -2.08. The Hall–Kier alpha value is -1.59. The van der Waals surface area contributed by atoms with Gasteiger partial charge in [0.15, 0.2) is 5.15 Å². The summed E-state index contributed by atoms with van der Waals surface area (Å²) in [6.07, 6.45) is 1.20. The van der Waals surface area contributed by atoms with Crippen molar-refractivity contribution in [2.24, 2.45) is 0 Å². The summed E-state index contributed by atoms with van der Waals surface area (Å²) in [5.41, 5.74) is 5.70. The van der Waals surface area contributed by atoms with Crippen LogP contribution in [0.25, 0.3) is 0 Å². The van der Waals surface area contributed by atoms with Crippen molar-refractivity contribution in [1.29, 1.82) is 0 Å². The van der Waals surface area contributed by atoms with E-state index < -0.39 is 5.82 Å². The quantitative estimate of drug-likeness (QED) is 0.853. The molecule has 1 aromatic carbocycles. The fraction of sp³-hybridized carbons (Fsp3) is 0. The maximum atomic E-state index is 12.8. The van der Waals surface area contributed by atoms with Crippen LogP contribution >= 0.6 is 23.2 Å². The first-order chi connectivity index (χ1) is 8.08. The van der Waals surface area contributed by atoms with Crippen molar-refractivity contribution >= 4 is 28.9 Å². The maximum Gasteiger partial charge on any atom is 0.247 e. The molecule has 0 atom stereocenters. The molecule has 0 aliphatic rings. The Kier molecular flexibility index (Phi) is 3.31. The predicted molar refractivity (Wildman–Crippen MR) is 62.9 cm³/mol. The number of nitrogen functional groups attached to an aromatic ring is 1. The van der Waals surface area contributed by atoms with Crippen molar-refractivity contribution in [3.63, 3.8) is 0 Å². The van der Waals surface area contributed by atoms with E-state index in [1.165, 1.54) is 18.5 Å². The van der Waals surface area contributed by atoms with Crippen LogP contribution in [0.1, 0.15) is 0 Å². The second kappa shape index (κ2) is 4.73. The number of rotatable bonds is 2. The Morgan fingerprint density at radius 1 is 1.24 bits per heavy atom. The standard InChI is InChI=1S/C10H6Cl2FN3O/c11-6-3-5(13)1-2-7(6)17-10-8(14)9(12)15-4-16-10/h1-4H,14H2. The predicted octanol–water partition coefficient (Wildman–Crippen LogP) is 3.30. The summed E-state index contributed by atoms with van der Waals surface area (Å²) in [6.45, 7) is 0. The molecule has 7 heteroatoms. The number of nitrogens with two attached hydrogens (primary N) is 1. The second-order valence-electron chi connectivity index (χ2n) is 3.06. The Balaban J connectivity index is 2.35. The Morgan fingerprint density at radius 2 is 2.00 bits per heavy atom. The summed E-state index contributed by atoms with van der Waals surface area (Å²) in [4.78, 5) is 7.48. The molecular formula is C10H6Cl2FN3O. The van der Waals surface area contributed by atoms with Crippen molar-refractivity contribution in [3.05, 3.63) is 40.5 Å². The van der Waals surface area contributed by atoms with E-state index in [-0.39, 0.29) is 27.5 Å². The topological polar surface area (TPSA) is 61.0 Å². The van der Waals surface area contributed by atoms with Crippen LogP contribution in [-0.2, 0) is 0 Å². The Bertz CT molecular complexity index is 565. The van der Waals surface area contributed by atoms with Gasteiger partial charge in [-0.1, -0.05) is 23.2 Å². The molecule has 2 N–H and O–H groups in total. The van der Waals surface area contributed by atoms with E-state index in [0.717, 1.165) is 6.07 Å². The number of nitrogens with zero attached hydrogens (tertiary/aromatic N) is 2. The zero-order valence-electron chi connectivity index (χ0n) is 8.32. The van der Waals surface area contributed by atoms with Crippen LogP contribution in [0.5, 0.6) is 11.6 Å². The third-order valence-electron chi connectivity index (χ3n) is 1.90. The van der Waals surface area contributed by atoms with Gasteiger partial charge in [-0.15, -0.1) is 0 Å². The van der Waals surface area contributed by atoms with Gasteiger partial charge in [-0.05, 0) is 18.2 Å². The van der Waals surface area contributed by atoms with Gasteiger partial charge in [-0.25, -0.2) is 9.37 Å². The average molecular weight is 274 g/mol. The molecule has 0 unspecified atom stereocenters. The molecule has 1 heterocycles. The van der Waals surface area contributed by atoms with Gasteiger partial charge in [0.1, 0.15) is 23.6 Å². The van der Waals surface area contributed by atoms with Crippen LogP contribution in [0.3, 0.4) is 0 Å². The van der Waals surface area contributed by atoms with Gasteiger partial charge in [-0.3, -0.25) is 0 Å². The van der Waals surface area contributed by atoms with Crippen LogP contribution in [0, 0.1) is 5.82 Å². The van der Waals surface area contributed by atoms with E-state index >= 15 is 0 Å². The van der Waals surface area contributed by atoms with Gasteiger partial charge in [-0.2, -0.15) is 4.98 Å². The molecule has 0 bridgehead atoms. The molecule has 0 aliphatic heterocycles. The monoisotopic (exact) mass is 273 g/mol. The minimum Gasteiger partial charge on any atom is -0.435 e. The van der Waals surface area contributed by atoms with Crippen molar-refractivity contribution in [2.75, 3.05) is 5.73 Å². The fourth-order valence-corrected chi connectivity index (χ4v) is 1.43. The zero-order valence-corrected chi connectivity index (χ0v) is 9.84. The number of hydrogen-bond acceptors (Lipinski definition) is 4. The van der Waals surface area contributed by atoms with Crippen LogP contribution in [0.2, 0.25) is 10.2 Å². The highest BCUT2D eigenvalue weighted by atomic mass is 35.5. The van der Waals surface area contributed by atoms with Crippen LogP contribution < -0.4 is 10.5 Å². The minimum absolute atomic E-state index is 0.0681. The average Bonchev–Trinajstić information content (AvgIpc) is 2.28. The molecule has 1 aromatic heterocycles. The third-order valence-corrected chi connectivity index (χ3v) is 2.50. The molecule has 0 radical (unpaired) electrons. The lowest BCUT2D eigenvalue weighted by Crippen LogP contribution is -1.97. The lowest BCUT2D eigenvalue weighted by atomic mass is 10.3. The first-order valence-corrected chi connectivity index (χ1v) is 5.22. The van der Waals surface area contributed by atoms with Crippen molar-refractivity contribution in [2.45, 2.75) is 0 Å². The van der Waals surface area contributed by atoms with Gasteiger partial charge in [0, 0.05) is 0 Å². The maximum absolute atomic E-state index is 12.8. The van der Waals surface area contributed by atoms with Gasteiger partial charge in [0.2, 0.25) is 5.88 Å². The molecule has 0 aliphatic carbocycles. The van der Waals surface area contributed by atoms with Gasteiger partial charge >= 0.3 is 0 Å². The van der Waals surface area contributed by atoms with Crippen LogP contribution in [0.4, 0.5) is 10.1 Å². The molecule has 0 fully saturated rings. The van der Waals surface area contributed by atoms with Gasteiger partial charge in [0.25, 0.3) is 0 Å². The van der Waals surface area contributed by atoms with Crippen molar-refractivity contribution < 1.29 is 9.13 Å². The summed E-state index contributed by atoms with van der Waals surface area (Å²) < 4.78 is 18.1. The van der Waals surface area contributed by atoms with Crippen LogP contribution in [0.15, 0.2) is 24.5 Å². The third kappa shape index (κ3) is 2.57. The highest BCUT2D eigenvalue weighted by Gasteiger charge is 2.10. The molecule has 0 amide bonds. The summed E-state index contributed by atoms with van der Waals surface area (Å²) >= 11 is 11.5. The number of ether oxygens (including phenoxy) is 1. The summed E-state index contributed by atoms with van der Waals surface area (Å²) in [6, 6.07) is 3.70. The molecule has 2 rings (SSSR count). The summed E-state index contributed by atoms with van der Waals surface area (Å²) in [7, 11) is 0. The Morgan fingerprint density at radius 3 is 2.71 bits per heavy atom. The lowest BCUT2D eigenvalue weighted by molar-refractivity contribution is 0.463. The molecule has 0 spiro atoms. The number of halogens is 3. The largest absolute Gasteiger partial charge is 0.435 e. The molecule has 88 valence electrons. The smallest absolute Gasteiger partial charge is 0.247 e. The van der Waals surface area contributed by atoms with Crippen molar-refractivity contribution in [3.8, 4) is 11.6 Å². The highest BCUT2D eigenvalue weighted by Crippen LogP contribution is 2.33. The summed E-state index contributed by atoms with van der Waals surface area (Å²) in [5.74, 6) is -0.163. The molecule has 0 saturated carbocycles. The van der Waals surface area contributed by atoms with E-state index in [9.17, 15) is 4.39 Å². The van der Waals surface area contributed by atoms with E-state index in [4.69, 9.17) is 33.7 Å². The van der Waals surface area contributed by atoms with E-state index in [2.05, 4.69) is 9.97 Å². The number of hydrogen-bond donors (Lipinski definition) is 1. The van der Waals surface area contributed by atoms with E-state index in [0.29, 0.717) is 0 Å². The highest BCUT2D eigenvalue weighted by molar-refractivity contribution is 6.32. The Labute approximate surface area is 106 Å². The molecule has 2 aromatic rings. The van der Waals surface area contributed by atoms with Crippen molar-refractivity contribution in [1.82, 2.24) is 9.97 Å². The summed E-state index contributed by atoms with van der Waals surface area (Å²) in [5, 5.41) is 0.187. The normalized spacial score (nSPS) is 10.3. The first kappa shape index (κ1) is 11.9. The second-order valence-corrected chi connectivity index (χ2v) is 3.83. The minimum atomic E-state index is -0.462. The van der Waals surface area contributed by atoms with E-state index in [1.807, 2.05) is 0 Å². The SMILES string of the molecule is Nc1c(Cl)ncnc1Oc1ccc(F)cc1Cl. The number of anilines is 1. The van der Waals surface area contributed by atoms with Gasteiger partial charge < -0.3 is 10.5 Å². The van der Waals surface area contributed by atoms with Crippen LogP contribution in [-0.4, -0.2) is 9.97 Å². The van der Waals surface area contributed by atoms with Gasteiger partial charge in [0.05, 0.1) is 5.02 Å². The molecule has 17 heavy (non-hydrogen) atoms. The fourth-order valence-electron chi connectivity index (χ4n) is 1.10. The first-order valence-electron chi connectivity index (χ1n) is 4.47. The van der Waals surface area contributed by atoms with E-state index in [1.54, 1.807) is 0 Å². The zero-order chi connectivity index (χ0) is 12.4. The molecule has 4 nitrogen and oxygen atoms in total. The number of benzene rings is 1. The molecule has 0 saturated heterocycles. The number of aromatic nitrogens is 2. The molecular weight excluding hydrogens is 268 g/mol.